The molecule has 4 heteroatoms. The maximum atomic E-state index is 10.4. The summed E-state index contributed by atoms with van der Waals surface area (Å²) < 4.78 is 0. The highest BCUT2D eigenvalue weighted by Crippen LogP contribution is 2.01. The van der Waals surface area contributed by atoms with Crippen molar-refractivity contribution in [3.63, 3.8) is 0 Å². The van der Waals surface area contributed by atoms with E-state index in [9.17, 15) is 9.59 Å². The monoisotopic (exact) mass is 157 g/mol. The fourth-order valence-corrected chi connectivity index (χ4v) is 0.636. The van der Waals surface area contributed by atoms with E-state index in [1.54, 1.807) is 13.5 Å². The Morgan fingerprint density at radius 1 is 1.64 bits per heavy atom. The summed E-state index contributed by atoms with van der Waals surface area (Å²) >= 11 is 0. The minimum absolute atomic E-state index is 0.00333. The van der Waals surface area contributed by atoms with Crippen LogP contribution in [-0.4, -0.2) is 11.8 Å². The highest BCUT2D eigenvalue weighted by Gasteiger charge is 2.06. The van der Waals surface area contributed by atoms with Crippen LogP contribution in [0, 0.1) is 12.5 Å². The molecule has 0 aromatic rings. The Morgan fingerprint density at radius 3 is 2.55 bits per heavy atom. The number of nitrogens with one attached hydrogen (secondary N) is 1. The molecule has 0 aliphatic heterocycles. The van der Waals surface area contributed by atoms with E-state index in [0.29, 0.717) is 0 Å². The molecule has 11 heavy (non-hydrogen) atoms. The first-order valence-corrected chi connectivity index (χ1v) is 3.41. The average molecular weight is 157 g/mol. The molecule has 0 fully saturated rings. The fraction of sp³-hybridized carbons (Fsp3) is 0.571. The molecule has 0 heterocycles. The molecule has 0 aliphatic rings. The first-order valence-electron chi connectivity index (χ1n) is 3.41. The Bertz CT molecular complexity index is 157. The predicted molar refractivity (Wildman–Crippen MR) is 41.1 cm³/mol. The van der Waals surface area contributed by atoms with Gasteiger partial charge in [0.25, 0.3) is 0 Å². The first-order chi connectivity index (χ1) is 5.02. The van der Waals surface area contributed by atoms with E-state index in [4.69, 9.17) is 5.73 Å². The maximum absolute atomic E-state index is 10.4. The van der Waals surface area contributed by atoms with Crippen LogP contribution >= 0.6 is 0 Å². The zero-order chi connectivity index (χ0) is 8.85. The lowest BCUT2D eigenvalue weighted by atomic mass is 10.1. The van der Waals surface area contributed by atoms with Crippen LogP contribution in [0.3, 0.4) is 0 Å². The Morgan fingerprint density at radius 2 is 2.18 bits per heavy atom. The highest BCUT2D eigenvalue weighted by atomic mass is 16.1. The van der Waals surface area contributed by atoms with Gasteiger partial charge in [-0.2, -0.15) is 0 Å². The molecule has 0 aliphatic carbocycles. The zero-order valence-electron chi connectivity index (χ0n) is 6.76. The third-order valence-electron chi connectivity index (χ3n) is 1.09. The van der Waals surface area contributed by atoms with E-state index < -0.39 is 0 Å². The van der Waals surface area contributed by atoms with Gasteiger partial charge in [0.2, 0.25) is 11.8 Å². The van der Waals surface area contributed by atoms with Gasteiger partial charge in [-0.05, 0) is 5.92 Å². The van der Waals surface area contributed by atoms with Crippen molar-refractivity contribution in [2.75, 3.05) is 0 Å². The summed E-state index contributed by atoms with van der Waals surface area (Å²) in [4.78, 5) is 20.7. The van der Waals surface area contributed by atoms with Crippen LogP contribution in [0.4, 0.5) is 0 Å². The van der Waals surface area contributed by atoms with Gasteiger partial charge >= 0.3 is 0 Å². The van der Waals surface area contributed by atoms with Gasteiger partial charge in [0, 0.05) is 13.3 Å². The van der Waals surface area contributed by atoms with Gasteiger partial charge in [0.05, 0.1) is 6.54 Å². The molecular weight excluding hydrogens is 144 g/mol. The van der Waals surface area contributed by atoms with Crippen LogP contribution in [0.15, 0.2) is 0 Å². The van der Waals surface area contributed by atoms with Gasteiger partial charge in [-0.25, -0.2) is 0 Å². The quantitative estimate of drug-likeness (QED) is 0.593. The molecular formula is C7H13N2O2. The summed E-state index contributed by atoms with van der Waals surface area (Å²) in [5.41, 5.74) is 4.93. The van der Waals surface area contributed by atoms with Gasteiger partial charge in [0.1, 0.15) is 0 Å². The van der Waals surface area contributed by atoms with Crippen LogP contribution in [0.1, 0.15) is 20.3 Å². The fourth-order valence-electron chi connectivity index (χ4n) is 0.636. The molecule has 1 atom stereocenters. The molecule has 0 rings (SSSR count). The largest absolute Gasteiger partial charge is 0.370 e. The van der Waals surface area contributed by atoms with Crippen molar-refractivity contribution >= 4 is 11.8 Å². The predicted octanol–water partition coefficient (Wildman–Crippen LogP) is -0.204. The van der Waals surface area contributed by atoms with E-state index >= 15 is 0 Å². The van der Waals surface area contributed by atoms with E-state index in [2.05, 4.69) is 5.32 Å². The molecule has 0 saturated heterocycles. The Balaban J connectivity index is 3.44. The first kappa shape index (κ1) is 9.94. The van der Waals surface area contributed by atoms with Gasteiger partial charge in [0.15, 0.2) is 0 Å². The van der Waals surface area contributed by atoms with Crippen LogP contribution in [0.2, 0.25) is 0 Å². The molecule has 1 radical (unpaired) electrons. The summed E-state index contributed by atoms with van der Waals surface area (Å²) in [5.74, 6) is -0.503. The standard InChI is InChI=1S/C7H13N2O2/c1-5(3-7(8)11)4-9-6(2)10/h4-5H,3H2,1-2H3,(H2,8,11)(H,9,10)/t5-/m0/s1. The summed E-state index contributed by atoms with van der Waals surface area (Å²) in [5, 5.41) is 2.48. The van der Waals surface area contributed by atoms with Gasteiger partial charge < -0.3 is 11.1 Å². The molecule has 0 saturated carbocycles. The molecule has 0 unspecified atom stereocenters. The second kappa shape index (κ2) is 4.71. The lowest BCUT2D eigenvalue weighted by Gasteiger charge is -2.07. The lowest BCUT2D eigenvalue weighted by molar-refractivity contribution is -0.120. The zero-order valence-corrected chi connectivity index (χ0v) is 6.76. The number of carbonyl (C=O) groups is 2. The molecule has 3 N–H and O–H groups in total. The van der Waals surface area contributed by atoms with E-state index in [1.807, 2.05) is 0 Å². The normalized spacial score (nSPS) is 12.2. The number of hydrogen-bond donors (Lipinski definition) is 2. The van der Waals surface area contributed by atoms with Crippen molar-refractivity contribution in [1.82, 2.24) is 5.32 Å². The Kier molecular flexibility index (Phi) is 4.26. The van der Waals surface area contributed by atoms with Gasteiger partial charge in [-0.15, -0.1) is 0 Å². The SMILES string of the molecule is CC(=O)N[CH][C@@H](C)CC(N)=O. The molecule has 63 valence electrons. The summed E-state index contributed by atoms with van der Waals surface area (Å²) in [6.07, 6.45) is 0.264. The van der Waals surface area contributed by atoms with E-state index in [0.717, 1.165) is 0 Å². The number of hydrogen-bond acceptors (Lipinski definition) is 2. The van der Waals surface area contributed by atoms with Crippen LogP contribution in [0.5, 0.6) is 0 Å². The van der Waals surface area contributed by atoms with Gasteiger partial charge in [-0.1, -0.05) is 6.92 Å². The maximum Gasteiger partial charge on any atom is 0.217 e. The van der Waals surface area contributed by atoms with Crippen molar-refractivity contribution in [3.8, 4) is 0 Å². The molecule has 0 aromatic carbocycles. The Labute approximate surface area is 66.1 Å². The topological polar surface area (TPSA) is 72.2 Å². The minimum atomic E-state index is -0.362. The molecule has 0 bridgehead atoms. The molecule has 4 nitrogen and oxygen atoms in total. The van der Waals surface area contributed by atoms with E-state index in [1.165, 1.54) is 6.92 Å². The van der Waals surface area contributed by atoms with Crippen molar-refractivity contribution in [2.24, 2.45) is 11.7 Å². The molecule has 0 aromatic heterocycles. The van der Waals surface area contributed by atoms with Crippen molar-refractivity contribution < 1.29 is 9.59 Å². The van der Waals surface area contributed by atoms with E-state index in [-0.39, 0.29) is 24.2 Å². The second-order valence-electron chi connectivity index (χ2n) is 2.51. The summed E-state index contributed by atoms with van der Waals surface area (Å²) in [6, 6.07) is 0. The number of rotatable bonds is 4. The molecule has 2 amide bonds. The number of carbonyl (C=O) groups excluding carboxylic acids is 2. The van der Waals surface area contributed by atoms with Crippen molar-refractivity contribution in [2.45, 2.75) is 20.3 Å². The number of primary amides is 1. The van der Waals surface area contributed by atoms with Crippen molar-refractivity contribution in [1.29, 1.82) is 0 Å². The molecule has 0 spiro atoms. The average Bonchev–Trinajstić information content (AvgIpc) is 1.82. The van der Waals surface area contributed by atoms with Gasteiger partial charge in [-0.3, -0.25) is 9.59 Å². The third-order valence-corrected chi connectivity index (χ3v) is 1.09. The Hall–Kier alpha value is -1.06. The van der Waals surface area contributed by atoms with Crippen LogP contribution in [0.25, 0.3) is 0 Å². The number of nitrogens with two attached hydrogens (primary N) is 1. The minimum Gasteiger partial charge on any atom is -0.370 e. The summed E-state index contributed by atoms with van der Waals surface area (Å²) in [7, 11) is 0. The lowest BCUT2D eigenvalue weighted by Crippen LogP contribution is -2.23. The smallest absolute Gasteiger partial charge is 0.217 e. The highest BCUT2D eigenvalue weighted by molar-refractivity contribution is 5.75. The van der Waals surface area contributed by atoms with Crippen LogP contribution < -0.4 is 11.1 Å². The number of amides is 2. The van der Waals surface area contributed by atoms with Crippen molar-refractivity contribution in [3.05, 3.63) is 6.54 Å². The second-order valence-corrected chi connectivity index (χ2v) is 2.51. The van der Waals surface area contributed by atoms with Crippen LogP contribution in [-0.2, 0) is 9.59 Å². The third kappa shape index (κ3) is 6.83. The summed E-state index contributed by atoms with van der Waals surface area (Å²) in [6.45, 7) is 4.78.